The highest BCUT2D eigenvalue weighted by Crippen LogP contribution is 2.23. The van der Waals surface area contributed by atoms with Crippen LogP contribution in [0, 0.1) is 0 Å². The number of nitrogens with zero attached hydrogens (tertiary/aromatic N) is 3. The summed E-state index contributed by atoms with van der Waals surface area (Å²) in [5.41, 5.74) is 10.9. The van der Waals surface area contributed by atoms with Crippen molar-refractivity contribution in [2.24, 2.45) is 0 Å². The smallest absolute Gasteiger partial charge is 0.233 e. The van der Waals surface area contributed by atoms with Gasteiger partial charge in [0.2, 0.25) is 17.8 Å². The first-order valence-electron chi connectivity index (χ1n) is 5.28. The third-order valence-corrected chi connectivity index (χ3v) is 3.19. The number of carbonyl (C=O) groups excluding carboxylic acids is 1. The van der Waals surface area contributed by atoms with Gasteiger partial charge in [-0.3, -0.25) is 4.79 Å². The highest BCUT2D eigenvalue weighted by Gasteiger charge is 2.26. The molecule has 0 saturated heterocycles. The zero-order chi connectivity index (χ0) is 12.4. The number of hydrogen-bond donors (Lipinski definition) is 3. The van der Waals surface area contributed by atoms with Crippen molar-refractivity contribution in [3.63, 3.8) is 0 Å². The average Bonchev–Trinajstić information content (AvgIpc) is 2.99. The van der Waals surface area contributed by atoms with Crippen molar-refractivity contribution in [2.45, 2.75) is 36.2 Å². The number of rotatable bonds is 4. The van der Waals surface area contributed by atoms with Gasteiger partial charge in [0.1, 0.15) is 0 Å². The first-order valence-corrected chi connectivity index (χ1v) is 6.16. The Morgan fingerprint density at radius 2 is 1.94 bits per heavy atom. The molecule has 5 N–H and O–H groups in total. The summed E-state index contributed by atoms with van der Waals surface area (Å²) in [7, 11) is 0. The quantitative estimate of drug-likeness (QED) is 0.636. The molecule has 1 aromatic heterocycles. The predicted octanol–water partition coefficient (Wildman–Crippen LogP) is -0.205. The molecule has 0 spiro atoms. The third-order valence-electron chi connectivity index (χ3n) is 2.22. The molecular weight excluding hydrogens is 240 g/mol. The lowest BCUT2D eigenvalue weighted by Gasteiger charge is -2.10. The molecule has 1 saturated carbocycles. The Hall–Kier alpha value is -1.57. The van der Waals surface area contributed by atoms with E-state index in [1.54, 1.807) is 6.92 Å². The number of nitrogen functional groups attached to an aromatic ring is 2. The number of hydrogen-bond acceptors (Lipinski definition) is 7. The zero-order valence-corrected chi connectivity index (χ0v) is 10.2. The summed E-state index contributed by atoms with van der Waals surface area (Å²) >= 11 is 1.22. The monoisotopic (exact) mass is 254 g/mol. The van der Waals surface area contributed by atoms with Gasteiger partial charge in [-0.25, -0.2) is 0 Å². The zero-order valence-electron chi connectivity index (χ0n) is 9.38. The molecule has 92 valence electrons. The summed E-state index contributed by atoms with van der Waals surface area (Å²) in [6.45, 7) is 1.79. The van der Waals surface area contributed by atoms with Crippen molar-refractivity contribution < 1.29 is 4.79 Å². The van der Waals surface area contributed by atoms with E-state index >= 15 is 0 Å². The number of thioether (sulfide) groups is 1. The van der Waals surface area contributed by atoms with E-state index < -0.39 is 0 Å². The maximum absolute atomic E-state index is 11.7. The summed E-state index contributed by atoms with van der Waals surface area (Å²) in [5.74, 6) is 0.111. The number of amides is 1. The van der Waals surface area contributed by atoms with Crippen LogP contribution in [0.15, 0.2) is 5.16 Å². The van der Waals surface area contributed by atoms with Crippen LogP contribution in [0.4, 0.5) is 11.9 Å². The molecule has 0 aromatic carbocycles. The molecule has 1 aliphatic carbocycles. The molecule has 0 radical (unpaired) electrons. The molecule has 1 heterocycles. The molecule has 0 aliphatic heterocycles. The van der Waals surface area contributed by atoms with Crippen LogP contribution in [0.5, 0.6) is 0 Å². The summed E-state index contributed by atoms with van der Waals surface area (Å²) in [6, 6.07) is 0.346. The summed E-state index contributed by atoms with van der Waals surface area (Å²) in [5, 5.41) is 3.00. The highest BCUT2D eigenvalue weighted by atomic mass is 32.2. The molecule has 1 atom stereocenters. The molecule has 0 bridgehead atoms. The Morgan fingerprint density at radius 3 is 2.47 bits per heavy atom. The van der Waals surface area contributed by atoms with E-state index in [0.717, 1.165) is 12.8 Å². The minimum Gasteiger partial charge on any atom is -0.368 e. The van der Waals surface area contributed by atoms with Crippen LogP contribution in [0.25, 0.3) is 0 Å². The SMILES string of the molecule is C[C@H](Sc1nc(N)nc(N)n1)C(=O)NC1CC1. The van der Waals surface area contributed by atoms with Crippen molar-refractivity contribution in [3.05, 3.63) is 0 Å². The second-order valence-electron chi connectivity index (χ2n) is 3.88. The van der Waals surface area contributed by atoms with Crippen LogP contribution in [0.1, 0.15) is 19.8 Å². The van der Waals surface area contributed by atoms with Crippen LogP contribution in [-0.2, 0) is 4.79 Å². The van der Waals surface area contributed by atoms with Crippen molar-refractivity contribution in [3.8, 4) is 0 Å². The van der Waals surface area contributed by atoms with E-state index in [4.69, 9.17) is 11.5 Å². The first-order chi connectivity index (χ1) is 8.04. The second-order valence-corrected chi connectivity index (χ2v) is 5.19. The van der Waals surface area contributed by atoms with Gasteiger partial charge in [0.25, 0.3) is 0 Å². The van der Waals surface area contributed by atoms with Gasteiger partial charge < -0.3 is 16.8 Å². The van der Waals surface area contributed by atoms with Crippen molar-refractivity contribution in [1.82, 2.24) is 20.3 Å². The van der Waals surface area contributed by atoms with E-state index in [0.29, 0.717) is 11.2 Å². The number of carbonyl (C=O) groups is 1. The standard InChI is InChI=1S/C9H14N6OS/c1-4(6(16)12-5-2-3-5)17-9-14-7(10)13-8(11)15-9/h4-5H,2-3H2,1H3,(H,12,16)(H4,10,11,13,14,15)/t4-/m0/s1. The molecule has 1 amide bonds. The minimum absolute atomic E-state index is 0.0185. The van der Waals surface area contributed by atoms with Gasteiger partial charge in [-0.1, -0.05) is 11.8 Å². The lowest BCUT2D eigenvalue weighted by Crippen LogP contribution is -2.32. The summed E-state index contributed by atoms with van der Waals surface area (Å²) < 4.78 is 0. The molecule has 1 aliphatic rings. The fraction of sp³-hybridized carbons (Fsp3) is 0.556. The number of nitrogens with one attached hydrogen (secondary N) is 1. The fourth-order valence-electron chi connectivity index (χ4n) is 1.20. The molecular formula is C9H14N6OS. The maximum Gasteiger partial charge on any atom is 0.233 e. The Balaban J connectivity index is 1.96. The van der Waals surface area contributed by atoms with Crippen LogP contribution in [0.3, 0.4) is 0 Å². The largest absolute Gasteiger partial charge is 0.368 e. The Bertz CT molecular complexity index is 415. The highest BCUT2D eigenvalue weighted by molar-refractivity contribution is 8.00. The fourth-order valence-corrected chi connectivity index (χ4v) is 1.98. The average molecular weight is 254 g/mol. The Morgan fingerprint density at radius 1 is 1.35 bits per heavy atom. The lowest BCUT2D eigenvalue weighted by molar-refractivity contribution is -0.120. The van der Waals surface area contributed by atoms with Crippen LogP contribution >= 0.6 is 11.8 Å². The van der Waals surface area contributed by atoms with E-state index in [1.165, 1.54) is 11.8 Å². The van der Waals surface area contributed by atoms with Gasteiger partial charge in [0.15, 0.2) is 5.16 Å². The van der Waals surface area contributed by atoms with E-state index in [9.17, 15) is 4.79 Å². The van der Waals surface area contributed by atoms with E-state index in [-0.39, 0.29) is 23.1 Å². The van der Waals surface area contributed by atoms with Gasteiger partial charge in [0, 0.05) is 6.04 Å². The topological polar surface area (TPSA) is 120 Å². The molecule has 2 rings (SSSR count). The van der Waals surface area contributed by atoms with Crippen LogP contribution in [-0.4, -0.2) is 32.2 Å². The van der Waals surface area contributed by atoms with Crippen molar-refractivity contribution >= 4 is 29.6 Å². The van der Waals surface area contributed by atoms with E-state index in [2.05, 4.69) is 20.3 Å². The lowest BCUT2D eigenvalue weighted by atomic mass is 10.4. The summed E-state index contributed by atoms with van der Waals surface area (Å²) in [6.07, 6.45) is 2.13. The van der Waals surface area contributed by atoms with Gasteiger partial charge in [-0.2, -0.15) is 15.0 Å². The van der Waals surface area contributed by atoms with Gasteiger partial charge in [-0.05, 0) is 19.8 Å². The molecule has 1 fully saturated rings. The predicted molar refractivity (Wildman–Crippen MR) is 65.1 cm³/mol. The number of aromatic nitrogens is 3. The maximum atomic E-state index is 11.7. The first kappa shape index (κ1) is 11.9. The van der Waals surface area contributed by atoms with Crippen LogP contribution in [0.2, 0.25) is 0 Å². The molecule has 7 nitrogen and oxygen atoms in total. The normalized spacial score (nSPS) is 16.5. The van der Waals surface area contributed by atoms with Crippen molar-refractivity contribution in [2.75, 3.05) is 11.5 Å². The number of anilines is 2. The molecule has 17 heavy (non-hydrogen) atoms. The number of nitrogens with two attached hydrogens (primary N) is 2. The third kappa shape index (κ3) is 3.45. The minimum atomic E-state index is -0.281. The van der Waals surface area contributed by atoms with Gasteiger partial charge in [0.05, 0.1) is 5.25 Å². The van der Waals surface area contributed by atoms with Crippen molar-refractivity contribution in [1.29, 1.82) is 0 Å². The summed E-state index contributed by atoms with van der Waals surface area (Å²) in [4.78, 5) is 23.2. The molecule has 8 heteroatoms. The van der Waals surface area contributed by atoms with Gasteiger partial charge in [-0.15, -0.1) is 0 Å². The Kier molecular flexibility index (Phi) is 3.32. The Labute approximate surface area is 103 Å². The molecule has 1 aromatic rings. The van der Waals surface area contributed by atoms with Gasteiger partial charge >= 0.3 is 0 Å². The second kappa shape index (κ2) is 4.74. The van der Waals surface area contributed by atoms with E-state index in [1.807, 2.05) is 0 Å². The van der Waals surface area contributed by atoms with Crippen LogP contribution < -0.4 is 16.8 Å². The molecule has 0 unspecified atom stereocenters.